The summed E-state index contributed by atoms with van der Waals surface area (Å²) in [5.41, 5.74) is 2.64. The second-order valence-corrected chi connectivity index (χ2v) is 4.59. The van der Waals surface area contributed by atoms with Crippen LogP contribution >= 0.6 is 0 Å². The number of nitrogens with one attached hydrogen (secondary N) is 1. The van der Waals surface area contributed by atoms with E-state index in [1.165, 1.54) is 17.7 Å². The molecule has 0 saturated heterocycles. The summed E-state index contributed by atoms with van der Waals surface area (Å²) in [6, 6.07) is 8.79. The zero-order valence-electron chi connectivity index (χ0n) is 11.0. The molecular weight excluding hydrogens is 196 g/mol. The molecule has 2 nitrogen and oxygen atoms in total. The normalized spacial score (nSPS) is 12.5. The van der Waals surface area contributed by atoms with Crippen molar-refractivity contribution in [3.8, 4) is 0 Å². The second kappa shape index (κ2) is 6.54. The van der Waals surface area contributed by atoms with Crippen LogP contribution in [0.3, 0.4) is 0 Å². The van der Waals surface area contributed by atoms with Gasteiger partial charge in [0, 0.05) is 25.8 Å². The molecule has 0 aliphatic rings. The molecule has 1 unspecified atom stereocenters. The van der Waals surface area contributed by atoms with Crippen molar-refractivity contribution in [1.82, 2.24) is 5.32 Å². The first-order chi connectivity index (χ1) is 7.67. The van der Waals surface area contributed by atoms with Crippen molar-refractivity contribution < 1.29 is 0 Å². The summed E-state index contributed by atoms with van der Waals surface area (Å²) in [4.78, 5) is 2.33. The van der Waals surface area contributed by atoms with E-state index >= 15 is 0 Å². The van der Waals surface area contributed by atoms with Gasteiger partial charge in [-0.3, -0.25) is 0 Å². The molecule has 16 heavy (non-hydrogen) atoms. The second-order valence-electron chi connectivity index (χ2n) is 4.59. The van der Waals surface area contributed by atoms with Crippen LogP contribution in [0.4, 0.5) is 5.69 Å². The molecule has 0 radical (unpaired) electrons. The lowest BCUT2D eigenvalue weighted by atomic mass is 10.1. The van der Waals surface area contributed by atoms with E-state index in [1.54, 1.807) is 0 Å². The summed E-state index contributed by atoms with van der Waals surface area (Å²) in [6.07, 6.45) is 1.24. The van der Waals surface area contributed by atoms with E-state index in [-0.39, 0.29) is 0 Å². The van der Waals surface area contributed by atoms with Crippen molar-refractivity contribution in [3.05, 3.63) is 29.8 Å². The maximum absolute atomic E-state index is 3.16. The van der Waals surface area contributed by atoms with E-state index in [0.29, 0.717) is 0 Å². The van der Waals surface area contributed by atoms with Crippen molar-refractivity contribution in [3.63, 3.8) is 0 Å². The molecule has 2 heteroatoms. The minimum absolute atomic E-state index is 0.752. The van der Waals surface area contributed by atoms with Crippen molar-refractivity contribution in [2.75, 3.05) is 25.5 Å². The monoisotopic (exact) mass is 220 g/mol. The quantitative estimate of drug-likeness (QED) is 0.793. The first-order valence-electron chi connectivity index (χ1n) is 6.12. The Balaban J connectivity index is 2.59. The third-order valence-electron chi connectivity index (χ3n) is 3.04. The number of hydrogen-bond acceptors (Lipinski definition) is 2. The van der Waals surface area contributed by atoms with E-state index in [0.717, 1.165) is 19.0 Å². The Kier molecular flexibility index (Phi) is 5.33. The molecule has 1 aromatic carbocycles. The van der Waals surface area contributed by atoms with Gasteiger partial charge in [-0.2, -0.15) is 0 Å². The Bertz CT molecular complexity index is 292. The highest BCUT2D eigenvalue weighted by Crippen LogP contribution is 2.16. The lowest BCUT2D eigenvalue weighted by Crippen LogP contribution is -2.23. The van der Waals surface area contributed by atoms with Crippen molar-refractivity contribution in [2.24, 2.45) is 5.92 Å². The third kappa shape index (κ3) is 3.86. The van der Waals surface area contributed by atoms with Gasteiger partial charge in [0.1, 0.15) is 0 Å². The van der Waals surface area contributed by atoms with E-state index in [4.69, 9.17) is 0 Å². The lowest BCUT2D eigenvalue weighted by Gasteiger charge is -2.23. The molecule has 1 aromatic rings. The Labute approximate surface area is 99.7 Å². The first kappa shape index (κ1) is 13.0. The molecule has 1 atom stereocenters. The highest BCUT2D eigenvalue weighted by molar-refractivity contribution is 5.46. The van der Waals surface area contributed by atoms with Crippen LogP contribution < -0.4 is 10.2 Å². The summed E-state index contributed by atoms with van der Waals surface area (Å²) in [5.74, 6) is 0.752. The van der Waals surface area contributed by atoms with E-state index in [1.807, 2.05) is 7.05 Å². The van der Waals surface area contributed by atoms with Gasteiger partial charge in [-0.05, 0) is 30.7 Å². The minimum Gasteiger partial charge on any atom is -0.374 e. The summed E-state index contributed by atoms with van der Waals surface area (Å²) < 4.78 is 0. The number of anilines is 1. The summed E-state index contributed by atoms with van der Waals surface area (Å²) in [7, 11) is 4.14. The van der Waals surface area contributed by atoms with E-state index in [9.17, 15) is 0 Å². The predicted octanol–water partition coefficient (Wildman–Crippen LogP) is 2.89. The lowest BCUT2D eigenvalue weighted by molar-refractivity contribution is 0.560. The van der Waals surface area contributed by atoms with Crippen molar-refractivity contribution in [1.29, 1.82) is 0 Å². The van der Waals surface area contributed by atoms with E-state index in [2.05, 4.69) is 55.4 Å². The summed E-state index contributed by atoms with van der Waals surface area (Å²) in [5, 5.41) is 3.16. The topological polar surface area (TPSA) is 15.3 Å². The molecule has 1 N–H and O–H groups in total. The van der Waals surface area contributed by atoms with Crippen LogP contribution in [-0.4, -0.2) is 20.6 Å². The van der Waals surface area contributed by atoms with Crippen LogP contribution in [0.25, 0.3) is 0 Å². The molecule has 0 amide bonds. The smallest absolute Gasteiger partial charge is 0.0363 e. The molecule has 0 aliphatic carbocycles. The number of rotatable bonds is 6. The molecular formula is C14H24N2. The van der Waals surface area contributed by atoms with Gasteiger partial charge in [0.15, 0.2) is 0 Å². The fraction of sp³-hybridized carbons (Fsp3) is 0.571. The largest absolute Gasteiger partial charge is 0.374 e. The number of benzene rings is 1. The van der Waals surface area contributed by atoms with Gasteiger partial charge in [0.2, 0.25) is 0 Å². The highest BCUT2D eigenvalue weighted by Gasteiger charge is 2.05. The molecule has 0 aromatic heterocycles. The molecule has 0 spiro atoms. The molecule has 0 fully saturated rings. The zero-order valence-corrected chi connectivity index (χ0v) is 11.0. The molecule has 0 heterocycles. The minimum atomic E-state index is 0.752. The van der Waals surface area contributed by atoms with Gasteiger partial charge < -0.3 is 10.2 Å². The van der Waals surface area contributed by atoms with Gasteiger partial charge in [-0.1, -0.05) is 32.4 Å². The Morgan fingerprint density at radius 1 is 1.25 bits per heavy atom. The average Bonchev–Trinajstić information content (AvgIpc) is 2.30. The maximum atomic E-state index is 3.16. The SMILES string of the molecule is CCC(C)CN(C)c1ccc(CNC)cc1. The fourth-order valence-electron chi connectivity index (χ4n) is 1.77. The standard InChI is InChI=1S/C14H24N2/c1-5-12(2)11-16(4)14-8-6-13(7-9-14)10-15-3/h6-9,12,15H,5,10-11H2,1-4H3. The van der Waals surface area contributed by atoms with Gasteiger partial charge in [-0.15, -0.1) is 0 Å². The average molecular weight is 220 g/mol. The Morgan fingerprint density at radius 2 is 1.88 bits per heavy atom. The fourth-order valence-corrected chi connectivity index (χ4v) is 1.77. The molecule has 0 aliphatic heterocycles. The summed E-state index contributed by atoms with van der Waals surface area (Å²) in [6.45, 7) is 6.61. The van der Waals surface area contributed by atoms with Gasteiger partial charge in [-0.25, -0.2) is 0 Å². The van der Waals surface area contributed by atoms with E-state index < -0.39 is 0 Å². The van der Waals surface area contributed by atoms with Crippen molar-refractivity contribution in [2.45, 2.75) is 26.8 Å². The van der Waals surface area contributed by atoms with Crippen LogP contribution in [0.2, 0.25) is 0 Å². The van der Waals surface area contributed by atoms with Crippen molar-refractivity contribution >= 4 is 5.69 Å². The zero-order chi connectivity index (χ0) is 12.0. The summed E-state index contributed by atoms with van der Waals surface area (Å²) >= 11 is 0. The number of nitrogens with zero attached hydrogens (tertiary/aromatic N) is 1. The Morgan fingerprint density at radius 3 is 2.38 bits per heavy atom. The number of hydrogen-bond donors (Lipinski definition) is 1. The van der Waals surface area contributed by atoms with Gasteiger partial charge in [0.25, 0.3) is 0 Å². The first-order valence-corrected chi connectivity index (χ1v) is 6.12. The van der Waals surface area contributed by atoms with Gasteiger partial charge in [0.05, 0.1) is 0 Å². The molecule has 1 rings (SSSR count). The maximum Gasteiger partial charge on any atom is 0.0363 e. The van der Waals surface area contributed by atoms with Crippen LogP contribution in [0.15, 0.2) is 24.3 Å². The van der Waals surface area contributed by atoms with Gasteiger partial charge >= 0.3 is 0 Å². The van der Waals surface area contributed by atoms with Crippen LogP contribution in [0, 0.1) is 5.92 Å². The predicted molar refractivity (Wildman–Crippen MR) is 71.9 cm³/mol. The molecule has 0 bridgehead atoms. The Hall–Kier alpha value is -1.02. The van der Waals surface area contributed by atoms with Crippen LogP contribution in [-0.2, 0) is 6.54 Å². The molecule has 90 valence electrons. The van der Waals surface area contributed by atoms with Crippen LogP contribution in [0.1, 0.15) is 25.8 Å². The van der Waals surface area contributed by atoms with Crippen LogP contribution in [0.5, 0.6) is 0 Å². The third-order valence-corrected chi connectivity index (χ3v) is 3.04. The molecule has 0 saturated carbocycles. The highest BCUT2D eigenvalue weighted by atomic mass is 15.1.